The van der Waals surface area contributed by atoms with Crippen molar-refractivity contribution >= 4 is 5.97 Å². The zero-order chi connectivity index (χ0) is 33.2. The molecule has 4 nitrogen and oxygen atoms in total. The summed E-state index contributed by atoms with van der Waals surface area (Å²) in [7, 11) is 0. The molecule has 4 heteroatoms. The summed E-state index contributed by atoms with van der Waals surface area (Å²) in [6.07, 6.45) is 39.5. The maximum absolute atomic E-state index is 11.0. The topological polar surface area (TPSA) is 55.8 Å². The number of ether oxygens (including phenoxy) is 2. The highest BCUT2D eigenvalue weighted by Crippen LogP contribution is 2.30. The Morgan fingerprint density at radius 2 is 0.826 bits per heavy atom. The predicted octanol–water partition coefficient (Wildman–Crippen LogP) is 13.8. The number of aryl methyl sites for hydroxylation is 1. The van der Waals surface area contributed by atoms with E-state index in [0.29, 0.717) is 13.0 Å². The van der Waals surface area contributed by atoms with Crippen LogP contribution in [-0.2, 0) is 11.2 Å². The highest BCUT2D eigenvalue weighted by atomic mass is 16.5. The normalized spacial score (nSPS) is 11.3. The average Bonchev–Trinajstić information content (AvgIpc) is 3.05. The Morgan fingerprint density at radius 1 is 0.478 bits per heavy atom. The summed E-state index contributed by atoms with van der Waals surface area (Å²) < 4.78 is 12.4. The third-order valence-electron chi connectivity index (χ3n) is 9.38. The summed E-state index contributed by atoms with van der Waals surface area (Å²) in [5, 5.41) is 9.01. The Kier molecular flexibility index (Phi) is 30.5. The van der Waals surface area contributed by atoms with Crippen molar-refractivity contribution in [3.05, 3.63) is 23.8 Å². The van der Waals surface area contributed by atoms with E-state index < -0.39 is 5.97 Å². The Balaban J connectivity index is 2.19. The number of carboxylic acid groups (broad SMARTS) is 1. The molecular weight excluding hydrogens is 568 g/mol. The van der Waals surface area contributed by atoms with E-state index in [0.717, 1.165) is 42.9 Å². The molecule has 0 heterocycles. The highest BCUT2D eigenvalue weighted by molar-refractivity contribution is 5.66. The molecule has 0 aliphatic carbocycles. The molecule has 1 N–H and O–H groups in total. The van der Waals surface area contributed by atoms with Gasteiger partial charge in [-0.1, -0.05) is 187 Å². The fourth-order valence-corrected chi connectivity index (χ4v) is 6.34. The van der Waals surface area contributed by atoms with Crippen LogP contribution >= 0.6 is 0 Å². The summed E-state index contributed by atoms with van der Waals surface area (Å²) >= 11 is 0. The van der Waals surface area contributed by atoms with Crippen molar-refractivity contribution in [2.45, 2.75) is 213 Å². The van der Waals surface area contributed by atoms with Crippen LogP contribution in [0.4, 0.5) is 0 Å². The fraction of sp³-hybridized carbons (Fsp3) is 0.833. The van der Waals surface area contributed by atoms with Crippen LogP contribution in [0.2, 0.25) is 0 Å². The van der Waals surface area contributed by atoms with Crippen LogP contribution in [0, 0.1) is 0 Å². The van der Waals surface area contributed by atoms with Gasteiger partial charge in [-0.05, 0) is 43.4 Å². The third kappa shape index (κ3) is 27.4. The molecular formula is C42H76O4. The summed E-state index contributed by atoms with van der Waals surface area (Å²) in [4.78, 5) is 11.0. The molecule has 1 aromatic carbocycles. The number of hydrogen-bond acceptors (Lipinski definition) is 3. The lowest BCUT2D eigenvalue weighted by atomic mass is 10.0. The van der Waals surface area contributed by atoms with E-state index in [1.165, 1.54) is 167 Å². The molecule has 0 bridgehead atoms. The minimum atomic E-state index is -0.734. The lowest BCUT2D eigenvalue weighted by molar-refractivity contribution is -0.137. The molecule has 0 aliphatic rings. The van der Waals surface area contributed by atoms with Gasteiger partial charge < -0.3 is 14.6 Å². The maximum atomic E-state index is 11.0. The molecule has 0 spiro atoms. The molecule has 0 amide bonds. The van der Waals surface area contributed by atoms with Gasteiger partial charge in [0.15, 0.2) is 11.5 Å². The summed E-state index contributed by atoms with van der Waals surface area (Å²) in [5.41, 5.74) is 1.13. The number of aliphatic carboxylic acids is 1. The van der Waals surface area contributed by atoms with Gasteiger partial charge in [-0.15, -0.1) is 0 Å². The van der Waals surface area contributed by atoms with E-state index in [1.54, 1.807) is 0 Å². The van der Waals surface area contributed by atoms with Crippen LogP contribution in [0.5, 0.6) is 11.5 Å². The number of carbonyl (C=O) groups is 1. The Bertz CT molecular complexity index is 792. The van der Waals surface area contributed by atoms with Crippen molar-refractivity contribution < 1.29 is 19.4 Å². The first-order valence-corrected chi connectivity index (χ1v) is 20.3. The zero-order valence-corrected chi connectivity index (χ0v) is 30.7. The number of rotatable bonds is 36. The lowest BCUT2D eigenvalue weighted by Crippen LogP contribution is -2.04. The number of hydrogen-bond donors (Lipinski definition) is 1. The fourth-order valence-electron chi connectivity index (χ4n) is 6.34. The first kappa shape index (κ1) is 42.3. The minimum absolute atomic E-state index is 0.201. The van der Waals surface area contributed by atoms with Gasteiger partial charge in [0.05, 0.1) is 13.2 Å². The second kappa shape index (κ2) is 33.2. The molecule has 1 aromatic rings. The van der Waals surface area contributed by atoms with Crippen LogP contribution < -0.4 is 9.47 Å². The van der Waals surface area contributed by atoms with Gasteiger partial charge >= 0.3 is 5.97 Å². The Hall–Kier alpha value is -1.71. The Labute approximate surface area is 286 Å². The smallest absolute Gasteiger partial charge is 0.303 e. The molecule has 0 aromatic heterocycles. The van der Waals surface area contributed by atoms with Crippen molar-refractivity contribution in [2.24, 2.45) is 0 Å². The molecule has 268 valence electrons. The van der Waals surface area contributed by atoms with Crippen molar-refractivity contribution in [1.29, 1.82) is 0 Å². The van der Waals surface area contributed by atoms with Crippen LogP contribution in [-0.4, -0.2) is 24.3 Å². The molecule has 0 aliphatic heterocycles. The van der Waals surface area contributed by atoms with Crippen molar-refractivity contribution in [3.8, 4) is 11.5 Å². The molecule has 0 fully saturated rings. The first-order chi connectivity index (χ1) is 22.7. The molecule has 0 unspecified atom stereocenters. The van der Waals surface area contributed by atoms with Gasteiger partial charge in [-0.3, -0.25) is 4.79 Å². The monoisotopic (exact) mass is 645 g/mol. The largest absolute Gasteiger partial charge is 0.490 e. The Morgan fingerprint density at radius 3 is 1.20 bits per heavy atom. The molecule has 0 atom stereocenters. The minimum Gasteiger partial charge on any atom is -0.490 e. The number of unbranched alkanes of at least 4 members (excludes halogenated alkanes) is 26. The molecule has 0 saturated heterocycles. The van der Waals surface area contributed by atoms with E-state index in [4.69, 9.17) is 14.6 Å². The van der Waals surface area contributed by atoms with E-state index in [1.807, 2.05) is 6.07 Å². The van der Waals surface area contributed by atoms with E-state index >= 15 is 0 Å². The van der Waals surface area contributed by atoms with Crippen molar-refractivity contribution in [3.63, 3.8) is 0 Å². The highest BCUT2D eigenvalue weighted by Gasteiger charge is 2.09. The molecule has 46 heavy (non-hydrogen) atoms. The third-order valence-corrected chi connectivity index (χ3v) is 9.38. The van der Waals surface area contributed by atoms with Gasteiger partial charge in [0.2, 0.25) is 0 Å². The second-order valence-corrected chi connectivity index (χ2v) is 13.9. The van der Waals surface area contributed by atoms with Gasteiger partial charge in [-0.2, -0.15) is 0 Å². The van der Waals surface area contributed by atoms with Crippen LogP contribution in [0.15, 0.2) is 18.2 Å². The SMILES string of the molecule is CCCCCCCCCCCCCCCCOc1ccc(CCCC(=O)O)cc1OCCCCCCCCCCCCCCCC. The quantitative estimate of drug-likeness (QED) is 0.0738. The van der Waals surface area contributed by atoms with Gasteiger partial charge in [0, 0.05) is 6.42 Å². The molecule has 0 radical (unpaired) electrons. The number of benzene rings is 1. The second-order valence-electron chi connectivity index (χ2n) is 13.9. The summed E-state index contributed by atoms with van der Waals surface area (Å²) in [6.45, 7) is 6.01. The van der Waals surface area contributed by atoms with E-state index in [-0.39, 0.29) is 6.42 Å². The van der Waals surface area contributed by atoms with E-state index in [2.05, 4.69) is 26.0 Å². The van der Waals surface area contributed by atoms with Crippen molar-refractivity contribution in [1.82, 2.24) is 0 Å². The summed E-state index contributed by atoms with van der Waals surface area (Å²) in [5.74, 6) is 0.928. The molecule has 0 saturated carbocycles. The average molecular weight is 645 g/mol. The van der Waals surface area contributed by atoms with E-state index in [9.17, 15) is 4.79 Å². The predicted molar refractivity (Wildman–Crippen MR) is 199 cm³/mol. The standard InChI is InChI=1S/C42H76O4/c1-3-5-7-9-11-13-15-17-19-21-23-25-27-29-36-45-40-35-34-39(32-31-33-42(43)44)38-41(40)46-37-30-28-26-24-22-20-18-16-14-12-10-8-6-4-2/h34-35,38H,3-33,36-37H2,1-2H3,(H,43,44). The maximum Gasteiger partial charge on any atom is 0.303 e. The van der Waals surface area contributed by atoms with Crippen LogP contribution in [0.25, 0.3) is 0 Å². The van der Waals surface area contributed by atoms with Crippen LogP contribution in [0.3, 0.4) is 0 Å². The number of carboxylic acids is 1. The van der Waals surface area contributed by atoms with Gasteiger partial charge in [0.1, 0.15) is 0 Å². The first-order valence-electron chi connectivity index (χ1n) is 20.3. The summed E-state index contributed by atoms with van der Waals surface area (Å²) in [6, 6.07) is 6.17. The van der Waals surface area contributed by atoms with Crippen LogP contribution in [0.1, 0.15) is 212 Å². The lowest BCUT2D eigenvalue weighted by Gasteiger charge is -2.14. The van der Waals surface area contributed by atoms with Gasteiger partial charge in [0.25, 0.3) is 0 Å². The zero-order valence-electron chi connectivity index (χ0n) is 30.7. The molecule has 1 rings (SSSR count). The van der Waals surface area contributed by atoms with Gasteiger partial charge in [-0.25, -0.2) is 0 Å². The van der Waals surface area contributed by atoms with Crippen molar-refractivity contribution in [2.75, 3.05) is 13.2 Å².